The molecule has 0 spiro atoms. The van der Waals surface area contributed by atoms with Crippen molar-refractivity contribution in [3.8, 4) is 11.1 Å². The number of nitrogens with zero attached hydrogens (tertiary/aromatic N) is 7. The lowest BCUT2D eigenvalue weighted by Gasteiger charge is -2.33. The van der Waals surface area contributed by atoms with Crippen molar-refractivity contribution in [2.45, 2.75) is 33.7 Å². The molecule has 0 unspecified atom stereocenters. The molecule has 2 aliphatic rings. The molecule has 0 radical (unpaired) electrons. The van der Waals surface area contributed by atoms with Gasteiger partial charge in [0.25, 0.3) is 0 Å². The fraction of sp³-hybridized carbons (Fsp3) is 0.440. The van der Waals surface area contributed by atoms with E-state index in [-0.39, 0.29) is 0 Å². The van der Waals surface area contributed by atoms with Crippen LogP contribution in [0.4, 0.5) is 11.6 Å². The van der Waals surface area contributed by atoms with E-state index < -0.39 is 0 Å². The van der Waals surface area contributed by atoms with Gasteiger partial charge in [-0.05, 0) is 51.6 Å². The molecule has 0 bridgehead atoms. The molecule has 5 heterocycles. The summed E-state index contributed by atoms with van der Waals surface area (Å²) >= 11 is 0. The molecule has 3 aromatic heterocycles. The molecule has 1 saturated heterocycles. The topological polar surface area (TPSA) is 61.3 Å². The van der Waals surface area contributed by atoms with Crippen molar-refractivity contribution in [3.05, 3.63) is 58.9 Å². The van der Waals surface area contributed by atoms with Crippen LogP contribution >= 0.6 is 0 Å². The number of fused-ring (bicyclic) bond motifs is 1. The quantitative estimate of drug-likeness (QED) is 0.634. The number of anilines is 2. The molecule has 7 nitrogen and oxygen atoms in total. The lowest BCUT2D eigenvalue weighted by Crippen LogP contribution is -2.44. The van der Waals surface area contributed by atoms with Crippen molar-refractivity contribution in [1.29, 1.82) is 0 Å². The fourth-order valence-electron chi connectivity index (χ4n) is 4.60. The van der Waals surface area contributed by atoms with E-state index in [0.29, 0.717) is 0 Å². The predicted molar refractivity (Wildman–Crippen MR) is 128 cm³/mol. The number of rotatable bonds is 3. The van der Waals surface area contributed by atoms with Gasteiger partial charge < -0.3 is 14.7 Å². The second-order valence-electron chi connectivity index (χ2n) is 9.00. The number of likely N-dealkylation sites (N-methyl/N-ethyl adjacent to an activating group) is 1. The van der Waals surface area contributed by atoms with E-state index in [1.165, 1.54) is 11.3 Å². The lowest BCUT2D eigenvalue weighted by molar-refractivity contribution is 0.312. The highest BCUT2D eigenvalue weighted by molar-refractivity contribution is 5.65. The van der Waals surface area contributed by atoms with Gasteiger partial charge in [0.15, 0.2) is 0 Å². The largest absolute Gasteiger partial charge is 0.354 e. The summed E-state index contributed by atoms with van der Waals surface area (Å²) in [6, 6.07) is 6.59. The molecule has 5 rings (SSSR count). The minimum absolute atomic E-state index is 0.819. The van der Waals surface area contributed by atoms with Gasteiger partial charge >= 0.3 is 0 Å². The SMILES string of the molecule is Cc1nc(C)c(C)c(N2CCc3ncc(-c4ccc(N5CCN(C)CC5)nc4)cc3C2)n1. The summed E-state index contributed by atoms with van der Waals surface area (Å²) in [4.78, 5) is 25.9. The average molecular weight is 430 g/mol. The normalized spacial score (nSPS) is 16.9. The molecule has 32 heavy (non-hydrogen) atoms. The zero-order valence-electron chi connectivity index (χ0n) is 19.5. The molecule has 0 aromatic carbocycles. The third-order valence-corrected chi connectivity index (χ3v) is 6.72. The zero-order valence-corrected chi connectivity index (χ0v) is 19.5. The van der Waals surface area contributed by atoms with Crippen LogP contribution in [0.25, 0.3) is 11.1 Å². The van der Waals surface area contributed by atoms with Gasteiger partial charge in [-0.2, -0.15) is 0 Å². The van der Waals surface area contributed by atoms with Crippen molar-refractivity contribution in [3.63, 3.8) is 0 Å². The minimum atomic E-state index is 0.819. The maximum atomic E-state index is 4.80. The summed E-state index contributed by atoms with van der Waals surface area (Å²) < 4.78 is 0. The highest BCUT2D eigenvalue weighted by Gasteiger charge is 2.22. The van der Waals surface area contributed by atoms with E-state index in [1.807, 2.05) is 19.3 Å². The number of aromatic nitrogens is 4. The first-order valence-corrected chi connectivity index (χ1v) is 11.4. The third-order valence-electron chi connectivity index (χ3n) is 6.72. The standard InChI is InChI=1S/C25H31N7/c1-17-18(2)28-19(3)29-25(17)32-8-7-23-22(16-32)13-21(15-26-23)20-5-6-24(27-14-20)31-11-9-30(4)10-12-31/h5-6,13-15H,7-12,16H2,1-4H3. The van der Waals surface area contributed by atoms with Gasteiger partial charge in [0.2, 0.25) is 0 Å². The molecule has 2 aliphatic heterocycles. The maximum Gasteiger partial charge on any atom is 0.135 e. The molecule has 1 fully saturated rings. The third kappa shape index (κ3) is 4.05. The first kappa shape index (κ1) is 20.8. The smallest absolute Gasteiger partial charge is 0.135 e. The Hall–Kier alpha value is -3.06. The summed E-state index contributed by atoms with van der Waals surface area (Å²) in [5.41, 5.74) is 6.90. The highest BCUT2D eigenvalue weighted by atomic mass is 15.3. The Morgan fingerprint density at radius 2 is 1.59 bits per heavy atom. The molecule has 0 amide bonds. The Kier molecular flexibility index (Phi) is 5.51. The lowest BCUT2D eigenvalue weighted by atomic mass is 10.0. The number of pyridine rings is 2. The Bertz CT molecular complexity index is 1120. The van der Waals surface area contributed by atoms with Crippen LogP contribution in [0.3, 0.4) is 0 Å². The van der Waals surface area contributed by atoms with E-state index in [0.717, 1.165) is 85.5 Å². The minimum Gasteiger partial charge on any atom is -0.354 e. The molecule has 3 aromatic rings. The highest BCUT2D eigenvalue weighted by Crippen LogP contribution is 2.29. The van der Waals surface area contributed by atoms with Gasteiger partial charge in [-0.1, -0.05) is 0 Å². The summed E-state index contributed by atoms with van der Waals surface area (Å²) in [6.45, 7) is 12.1. The van der Waals surface area contributed by atoms with Gasteiger partial charge in [0.05, 0.1) is 0 Å². The summed E-state index contributed by atoms with van der Waals surface area (Å²) in [5.74, 6) is 2.93. The van der Waals surface area contributed by atoms with Crippen molar-refractivity contribution in [2.75, 3.05) is 49.6 Å². The van der Waals surface area contributed by atoms with Crippen LogP contribution in [0.15, 0.2) is 30.6 Å². The van der Waals surface area contributed by atoms with Gasteiger partial charge in [-0.3, -0.25) is 4.98 Å². The molecule has 0 aliphatic carbocycles. The number of aryl methyl sites for hydroxylation is 2. The molecule has 7 heteroatoms. The van der Waals surface area contributed by atoms with Crippen molar-refractivity contribution in [2.24, 2.45) is 0 Å². The zero-order chi connectivity index (χ0) is 22.2. The van der Waals surface area contributed by atoms with Crippen LogP contribution < -0.4 is 9.80 Å². The van der Waals surface area contributed by atoms with E-state index in [4.69, 9.17) is 15.0 Å². The van der Waals surface area contributed by atoms with E-state index in [2.05, 4.69) is 58.8 Å². The Morgan fingerprint density at radius 3 is 2.34 bits per heavy atom. The van der Waals surface area contributed by atoms with E-state index >= 15 is 0 Å². The summed E-state index contributed by atoms with van der Waals surface area (Å²) in [6.07, 6.45) is 4.90. The van der Waals surface area contributed by atoms with Crippen molar-refractivity contribution < 1.29 is 0 Å². The number of hydrogen-bond acceptors (Lipinski definition) is 7. The van der Waals surface area contributed by atoms with Crippen LogP contribution in [0.5, 0.6) is 0 Å². The number of piperazine rings is 1. The van der Waals surface area contributed by atoms with Gasteiger partial charge in [0, 0.05) is 86.2 Å². The first-order chi connectivity index (χ1) is 15.5. The van der Waals surface area contributed by atoms with Crippen LogP contribution in [0, 0.1) is 20.8 Å². The van der Waals surface area contributed by atoms with Gasteiger partial charge in [-0.25, -0.2) is 15.0 Å². The van der Waals surface area contributed by atoms with Crippen LogP contribution in [0.1, 0.15) is 28.3 Å². The predicted octanol–water partition coefficient (Wildman–Crippen LogP) is 3.17. The van der Waals surface area contributed by atoms with E-state index in [1.54, 1.807) is 0 Å². The molecule has 0 N–H and O–H groups in total. The maximum absolute atomic E-state index is 4.80. The van der Waals surface area contributed by atoms with Gasteiger partial charge in [0.1, 0.15) is 17.5 Å². The molecule has 166 valence electrons. The number of hydrogen-bond donors (Lipinski definition) is 0. The molecule has 0 saturated carbocycles. The van der Waals surface area contributed by atoms with Crippen molar-refractivity contribution >= 4 is 11.6 Å². The van der Waals surface area contributed by atoms with Crippen LogP contribution in [0.2, 0.25) is 0 Å². The summed E-state index contributed by atoms with van der Waals surface area (Å²) in [5, 5.41) is 0. The Morgan fingerprint density at radius 1 is 0.812 bits per heavy atom. The Labute approximate surface area is 190 Å². The van der Waals surface area contributed by atoms with Crippen LogP contribution in [-0.4, -0.2) is 64.6 Å². The second kappa shape index (κ2) is 8.47. The van der Waals surface area contributed by atoms with E-state index in [9.17, 15) is 0 Å². The average Bonchev–Trinajstić information content (AvgIpc) is 2.81. The second-order valence-corrected chi connectivity index (χ2v) is 9.00. The first-order valence-electron chi connectivity index (χ1n) is 11.4. The monoisotopic (exact) mass is 429 g/mol. The fourth-order valence-corrected chi connectivity index (χ4v) is 4.60. The van der Waals surface area contributed by atoms with Crippen molar-refractivity contribution in [1.82, 2.24) is 24.8 Å². The summed E-state index contributed by atoms with van der Waals surface area (Å²) in [7, 11) is 2.17. The molecule has 0 atom stereocenters. The van der Waals surface area contributed by atoms with Gasteiger partial charge in [-0.15, -0.1) is 0 Å². The van der Waals surface area contributed by atoms with Crippen LogP contribution in [-0.2, 0) is 13.0 Å². The Balaban J connectivity index is 1.37. The molecular formula is C25H31N7. The molecular weight excluding hydrogens is 398 g/mol.